The highest BCUT2D eigenvalue weighted by molar-refractivity contribution is 7.90. The number of nitrogens with zero attached hydrogens (tertiary/aromatic N) is 2. The smallest absolute Gasteiger partial charge is 0.306 e. The maximum absolute atomic E-state index is 14.2. The summed E-state index contributed by atoms with van der Waals surface area (Å²) in [5.41, 5.74) is 3.53. The van der Waals surface area contributed by atoms with Crippen molar-refractivity contribution in [1.82, 2.24) is 9.80 Å². The third-order valence-corrected chi connectivity index (χ3v) is 9.66. The molecule has 0 amide bonds. The monoisotopic (exact) mass is 722 g/mol. The van der Waals surface area contributed by atoms with Crippen LogP contribution in [-0.4, -0.2) is 74.6 Å². The van der Waals surface area contributed by atoms with Crippen molar-refractivity contribution in [2.24, 2.45) is 0 Å². The van der Waals surface area contributed by atoms with Crippen LogP contribution in [0.5, 0.6) is 5.75 Å². The zero-order valence-corrected chi connectivity index (χ0v) is 28.9. The average Bonchev–Trinajstić information content (AvgIpc) is 3.74. The van der Waals surface area contributed by atoms with Crippen LogP contribution in [0.2, 0.25) is 0 Å². The van der Waals surface area contributed by atoms with Gasteiger partial charge in [0.15, 0.2) is 0 Å². The van der Waals surface area contributed by atoms with Crippen molar-refractivity contribution in [3.05, 3.63) is 149 Å². The Morgan fingerprint density at radius 2 is 1.27 bits per heavy atom. The number of carbonyl (C=O) groups excluding carboxylic acids is 1. The Balaban J connectivity index is 0.000000198. The number of phenolic OH excluding ortho intramolecular Hbond substituents is 1. The van der Waals surface area contributed by atoms with E-state index in [4.69, 9.17) is 4.74 Å². The molecule has 0 saturated carbocycles. The lowest BCUT2D eigenvalue weighted by Crippen LogP contribution is -2.30. The van der Waals surface area contributed by atoms with Crippen LogP contribution in [0.4, 0.5) is 17.6 Å². The summed E-state index contributed by atoms with van der Waals surface area (Å²) in [5, 5.41) is 9.74. The van der Waals surface area contributed by atoms with E-state index in [0.717, 1.165) is 53.3 Å². The van der Waals surface area contributed by atoms with Gasteiger partial charge in [0.2, 0.25) is 0 Å². The van der Waals surface area contributed by atoms with E-state index >= 15 is 0 Å². The van der Waals surface area contributed by atoms with Crippen molar-refractivity contribution >= 4 is 27.0 Å². The quantitative estimate of drug-likeness (QED) is 0.138. The first kappa shape index (κ1) is 37.5. The Labute approximate surface area is 295 Å². The molecule has 0 saturated heterocycles. The van der Waals surface area contributed by atoms with E-state index in [0.29, 0.717) is 18.7 Å². The Bertz CT molecular complexity index is 2040. The van der Waals surface area contributed by atoms with Crippen LogP contribution in [-0.2, 0) is 19.4 Å². The number of phenols is 1. The lowest BCUT2D eigenvalue weighted by molar-refractivity contribution is -0.141. The molecular weight excluding hydrogens is 684 g/mol. The Hall–Kier alpha value is -4.78. The van der Waals surface area contributed by atoms with Crippen molar-refractivity contribution in [3.63, 3.8) is 0 Å². The second-order valence-electron chi connectivity index (χ2n) is 12.4. The van der Waals surface area contributed by atoms with E-state index < -0.39 is 33.1 Å². The molecule has 0 fully saturated rings. The van der Waals surface area contributed by atoms with Gasteiger partial charge in [-0.2, -0.15) is 0 Å². The minimum Gasteiger partial charge on any atom is -0.508 e. The molecule has 7 nitrogen and oxygen atoms in total. The minimum atomic E-state index is -3.17. The molecule has 0 aliphatic carbocycles. The van der Waals surface area contributed by atoms with Gasteiger partial charge < -0.3 is 9.84 Å². The van der Waals surface area contributed by atoms with E-state index in [2.05, 4.69) is 4.90 Å². The highest BCUT2D eigenvalue weighted by atomic mass is 32.2. The van der Waals surface area contributed by atoms with Crippen LogP contribution in [0.3, 0.4) is 0 Å². The maximum atomic E-state index is 14.2. The van der Waals surface area contributed by atoms with E-state index in [1.807, 2.05) is 41.3 Å². The van der Waals surface area contributed by atoms with Gasteiger partial charge in [0.05, 0.1) is 31.4 Å². The predicted molar refractivity (Wildman–Crippen MR) is 188 cm³/mol. The molecule has 2 aliphatic rings. The van der Waals surface area contributed by atoms with Gasteiger partial charge in [0, 0.05) is 43.6 Å². The van der Waals surface area contributed by atoms with E-state index in [9.17, 15) is 35.9 Å². The first-order valence-electron chi connectivity index (χ1n) is 16.2. The number of esters is 1. The van der Waals surface area contributed by atoms with Crippen LogP contribution >= 0.6 is 0 Å². The van der Waals surface area contributed by atoms with Crippen molar-refractivity contribution in [1.29, 1.82) is 0 Å². The van der Waals surface area contributed by atoms with E-state index in [-0.39, 0.29) is 60.2 Å². The number of aromatic hydroxyl groups is 1. The van der Waals surface area contributed by atoms with Gasteiger partial charge in [-0.15, -0.1) is 0 Å². The standard InChI is InChI=1S/C20H19F2NO2.C19H19F2NO3S/c1-25-20(24)9-10-23-13-15(17-12-16(21)7-8-18(17)22)11-19(23)14-5-3-2-4-6-14;1-26(24,25)8-7-22-12-14(17-11-15(20)5-6-18(17)21)10-19(22)13-3-2-4-16(23)9-13/h2-8,11-12,19H,9-10,13H2,1H3;2-6,9-11,19,23H,7-8,12H2,1H3/t2*19-/m00/s1. The summed E-state index contributed by atoms with van der Waals surface area (Å²) in [7, 11) is -1.82. The predicted octanol–water partition coefficient (Wildman–Crippen LogP) is 7.12. The highest BCUT2D eigenvalue weighted by Gasteiger charge is 2.30. The molecular formula is C39H38F4N2O5S. The first-order valence-corrected chi connectivity index (χ1v) is 18.3. The summed E-state index contributed by atoms with van der Waals surface area (Å²) >= 11 is 0. The Morgan fingerprint density at radius 3 is 1.80 bits per heavy atom. The van der Waals surface area contributed by atoms with Gasteiger partial charge in [-0.3, -0.25) is 14.6 Å². The van der Waals surface area contributed by atoms with Crippen LogP contribution in [0.15, 0.2) is 103 Å². The summed E-state index contributed by atoms with van der Waals surface area (Å²) in [6, 6.07) is 22.7. The first-order chi connectivity index (χ1) is 24.3. The fraction of sp³-hybridized carbons (Fsp3) is 0.256. The van der Waals surface area contributed by atoms with Gasteiger partial charge in [0.25, 0.3) is 0 Å². The third-order valence-electron chi connectivity index (χ3n) is 8.73. The molecule has 2 heterocycles. The van der Waals surface area contributed by atoms with E-state index in [1.165, 1.54) is 19.2 Å². The Kier molecular flexibility index (Phi) is 12.1. The zero-order valence-electron chi connectivity index (χ0n) is 28.1. The molecule has 0 spiro atoms. The molecule has 51 heavy (non-hydrogen) atoms. The van der Waals surface area contributed by atoms with Crippen molar-refractivity contribution in [3.8, 4) is 5.75 Å². The average molecular weight is 723 g/mol. The molecule has 0 aromatic heterocycles. The molecule has 1 N–H and O–H groups in total. The largest absolute Gasteiger partial charge is 0.508 e. The van der Waals surface area contributed by atoms with Gasteiger partial charge >= 0.3 is 5.97 Å². The molecule has 12 heteroatoms. The zero-order chi connectivity index (χ0) is 36.7. The highest BCUT2D eigenvalue weighted by Crippen LogP contribution is 2.37. The van der Waals surface area contributed by atoms with Crippen LogP contribution in [0.1, 0.15) is 40.8 Å². The number of benzene rings is 4. The van der Waals surface area contributed by atoms with Crippen molar-refractivity contribution in [2.75, 3.05) is 45.3 Å². The van der Waals surface area contributed by atoms with Crippen molar-refractivity contribution in [2.45, 2.75) is 18.5 Å². The summed E-state index contributed by atoms with van der Waals surface area (Å²) in [6.45, 7) is 1.45. The van der Waals surface area contributed by atoms with Crippen LogP contribution < -0.4 is 0 Å². The fourth-order valence-corrected chi connectivity index (χ4v) is 6.76. The lowest BCUT2D eigenvalue weighted by Gasteiger charge is -2.24. The molecule has 6 rings (SSSR count). The number of hydrogen-bond donors (Lipinski definition) is 1. The second-order valence-corrected chi connectivity index (χ2v) is 14.7. The fourth-order valence-electron chi connectivity index (χ4n) is 6.20. The van der Waals surface area contributed by atoms with Gasteiger partial charge in [-0.05, 0) is 70.8 Å². The SMILES string of the molecule is COC(=O)CCN1CC(c2cc(F)ccc2F)=C[C@H]1c1ccccc1.CS(=O)(=O)CCN1CC(c2cc(F)ccc2F)=C[C@H]1c1cccc(O)c1. The number of hydrogen-bond acceptors (Lipinski definition) is 7. The van der Waals surface area contributed by atoms with Crippen LogP contribution in [0, 0.1) is 23.3 Å². The summed E-state index contributed by atoms with van der Waals surface area (Å²) in [5.74, 6) is -2.24. The molecule has 2 aliphatic heterocycles. The number of ether oxygens (including phenoxy) is 1. The second kappa shape index (κ2) is 16.5. The normalized spacial score (nSPS) is 17.8. The molecule has 4 aromatic rings. The molecule has 2 atom stereocenters. The topological polar surface area (TPSA) is 87.2 Å². The number of halogens is 4. The summed E-state index contributed by atoms with van der Waals surface area (Å²) in [4.78, 5) is 15.4. The molecule has 0 radical (unpaired) electrons. The Morgan fingerprint density at radius 1 is 0.745 bits per heavy atom. The molecule has 0 unspecified atom stereocenters. The third kappa shape index (κ3) is 9.93. The summed E-state index contributed by atoms with van der Waals surface area (Å²) in [6.07, 6.45) is 5.12. The number of methoxy groups -OCH3 is 1. The summed E-state index contributed by atoms with van der Waals surface area (Å²) < 4.78 is 83.2. The maximum Gasteiger partial charge on any atom is 0.306 e. The number of carbonyl (C=O) groups is 1. The van der Waals surface area contributed by atoms with Gasteiger partial charge in [-0.1, -0.05) is 54.6 Å². The van der Waals surface area contributed by atoms with E-state index in [1.54, 1.807) is 24.3 Å². The van der Waals surface area contributed by atoms with Crippen molar-refractivity contribution < 1.29 is 40.6 Å². The molecule has 4 aromatic carbocycles. The van der Waals surface area contributed by atoms with Crippen LogP contribution in [0.25, 0.3) is 11.1 Å². The van der Waals surface area contributed by atoms with Gasteiger partial charge in [-0.25, -0.2) is 26.0 Å². The molecule has 268 valence electrons. The molecule has 0 bridgehead atoms. The number of sulfone groups is 1. The number of rotatable bonds is 10. The van der Waals surface area contributed by atoms with Gasteiger partial charge in [0.1, 0.15) is 38.9 Å². The minimum absolute atomic E-state index is 0.0466. The lowest BCUT2D eigenvalue weighted by atomic mass is 10.0.